The van der Waals surface area contributed by atoms with Crippen molar-refractivity contribution in [2.24, 2.45) is 0 Å². The standard InChI is InChI=1S/C10H20O8S2/c1-3-19(14,15)10(20(16,17)4-2)9-8(13)7(12)6(11)5-18-9/h6-13H,3-5H2,1-2H3/t6-,7-,8-,9+/m1/s1. The van der Waals surface area contributed by atoms with Crippen molar-refractivity contribution in [3.8, 4) is 0 Å². The Bertz CT molecular complexity index is 491. The molecular weight excluding hydrogens is 312 g/mol. The van der Waals surface area contributed by atoms with Crippen LogP contribution in [0.4, 0.5) is 0 Å². The molecule has 0 aromatic carbocycles. The van der Waals surface area contributed by atoms with Crippen molar-refractivity contribution >= 4 is 19.7 Å². The third-order valence-electron chi connectivity index (χ3n) is 3.32. The zero-order valence-corrected chi connectivity index (χ0v) is 12.8. The summed E-state index contributed by atoms with van der Waals surface area (Å²) in [6.45, 7) is 2.12. The Morgan fingerprint density at radius 2 is 1.45 bits per heavy atom. The van der Waals surface area contributed by atoms with Gasteiger partial charge in [-0.1, -0.05) is 13.8 Å². The summed E-state index contributed by atoms with van der Waals surface area (Å²) in [5, 5.41) is 28.7. The first-order valence-corrected chi connectivity index (χ1v) is 9.60. The largest absolute Gasteiger partial charge is 0.388 e. The van der Waals surface area contributed by atoms with Gasteiger partial charge in [0.1, 0.15) is 24.4 Å². The fourth-order valence-electron chi connectivity index (χ4n) is 2.03. The molecule has 0 aliphatic carbocycles. The Morgan fingerprint density at radius 3 is 1.85 bits per heavy atom. The number of aliphatic hydroxyl groups is 3. The molecule has 0 amide bonds. The lowest BCUT2D eigenvalue weighted by Gasteiger charge is -2.38. The first-order chi connectivity index (χ1) is 9.08. The van der Waals surface area contributed by atoms with Gasteiger partial charge in [0.15, 0.2) is 24.3 Å². The second-order valence-electron chi connectivity index (χ2n) is 4.62. The number of rotatable bonds is 5. The number of hydrogen-bond acceptors (Lipinski definition) is 8. The summed E-state index contributed by atoms with van der Waals surface area (Å²) < 4.78 is 51.1. The van der Waals surface area contributed by atoms with E-state index in [4.69, 9.17) is 4.74 Å². The van der Waals surface area contributed by atoms with Crippen LogP contribution < -0.4 is 0 Å². The predicted octanol–water partition coefficient (Wildman–Crippen LogP) is -2.34. The lowest BCUT2D eigenvalue weighted by Crippen LogP contribution is -2.60. The van der Waals surface area contributed by atoms with Crippen LogP contribution in [0.1, 0.15) is 13.8 Å². The fourth-order valence-corrected chi connectivity index (χ4v) is 6.59. The van der Waals surface area contributed by atoms with Crippen LogP contribution in [0, 0.1) is 0 Å². The highest BCUT2D eigenvalue weighted by molar-refractivity contribution is 8.09. The van der Waals surface area contributed by atoms with Crippen LogP contribution in [-0.4, -0.2) is 79.3 Å². The summed E-state index contributed by atoms with van der Waals surface area (Å²) in [6.07, 6.45) is -6.47. The van der Waals surface area contributed by atoms with Gasteiger partial charge in [-0.05, 0) is 0 Å². The lowest BCUT2D eigenvalue weighted by atomic mass is 10.0. The average molecular weight is 332 g/mol. The Hall–Kier alpha value is -0.260. The zero-order chi connectivity index (χ0) is 15.7. The molecule has 1 aliphatic rings. The Morgan fingerprint density at radius 1 is 1.00 bits per heavy atom. The first kappa shape index (κ1) is 17.8. The Kier molecular flexibility index (Phi) is 5.55. The highest BCUT2D eigenvalue weighted by Gasteiger charge is 2.50. The van der Waals surface area contributed by atoms with Crippen molar-refractivity contribution in [2.45, 2.75) is 42.8 Å². The predicted molar refractivity (Wildman–Crippen MR) is 70.5 cm³/mol. The molecule has 0 unspecified atom stereocenters. The van der Waals surface area contributed by atoms with Gasteiger partial charge >= 0.3 is 0 Å². The molecule has 8 nitrogen and oxygen atoms in total. The van der Waals surface area contributed by atoms with E-state index in [2.05, 4.69) is 0 Å². The molecule has 1 rings (SSSR count). The van der Waals surface area contributed by atoms with E-state index < -0.39 is 66.8 Å². The molecule has 0 aromatic heterocycles. The molecule has 3 N–H and O–H groups in total. The molecule has 0 aromatic rings. The monoisotopic (exact) mass is 332 g/mol. The van der Waals surface area contributed by atoms with E-state index in [0.717, 1.165) is 0 Å². The van der Waals surface area contributed by atoms with Crippen molar-refractivity contribution in [1.82, 2.24) is 0 Å². The van der Waals surface area contributed by atoms with Gasteiger partial charge in [-0.3, -0.25) is 0 Å². The van der Waals surface area contributed by atoms with E-state index in [1.807, 2.05) is 0 Å². The summed E-state index contributed by atoms with van der Waals surface area (Å²) in [5.41, 5.74) is 0. The summed E-state index contributed by atoms with van der Waals surface area (Å²) in [5.74, 6) is -0.885. The van der Waals surface area contributed by atoms with E-state index in [-0.39, 0.29) is 0 Å². The maximum atomic E-state index is 12.0. The van der Waals surface area contributed by atoms with Crippen molar-refractivity contribution in [1.29, 1.82) is 0 Å². The van der Waals surface area contributed by atoms with E-state index in [0.29, 0.717) is 0 Å². The minimum atomic E-state index is -4.07. The van der Waals surface area contributed by atoms with Gasteiger partial charge in [-0.2, -0.15) is 0 Å². The molecule has 0 radical (unpaired) electrons. The molecule has 0 spiro atoms. The highest BCUT2D eigenvalue weighted by Crippen LogP contribution is 2.26. The molecule has 10 heteroatoms. The fraction of sp³-hybridized carbons (Fsp3) is 1.00. The summed E-state index contributed by atoms with van der Waals surface area (Å²) in [6, 6.07) is 0. The highest BCUT2D eigenvalue weighted by atomic mass is 32.3. The maximum absolute atomic E-state index is 12.0. The quantitative estimate of drug-likeness (QED) is 0.509. The third kappa shape index (κ3) is 3.31. The maximum Gasteiger partial charge on any atom is 0.191 e. The van der Waals surface area contributed by atoms with Gasteiger partial charge in [0.05, 0.1) is 6.61 Å². The molecule has 20 heavy (non-hydrogen) atoms. The third-order valence-corrected chi connectivity index (χ3v) is 8.64. The van der Waals surface area contributed by atoms with Gasteiger partial charge in [0, 0.05) is 11.5 Å². The van der Waals surface area contributed by atoms with Crippen LogP contribution in [0.2, 0.25) is 0 Å². The van der Waals surface area contributed by atoms with E-state index >= 15 is 0 Å². The summed E-state index contributed by atoms with van der Waals surface area (Å²) in [4.78, 5) is 0. The molecule has 120 valence electrons. The average Bonchev–Trinajstić information content (AvgIpc) is 2.39. The summed E-state index contributed by atoms with van der Waals surface area (Å²) >= 11 is 0. The molecule has 0 bridgehead atoms. The number of hydrogen-bond donors (Lipinski definition) is 3. The van der Waals surface area contributed by atoms with Gasteiger partial charge < -0.3 is 20.1 Å². The zero-order valence-electron chi connectivity index (χ0n) is 11.2. The molecule has 1 fully saturated rings. The smallest absolute Gasteiger partial charge is 0.191 e. The minimum Gasteiger partial charge on any atom is -0.388 e. The van der Waals surface area contributed by atoms with Crippen LogP contribution in [0.5, 0.6) is 0 Å². The Labute approximate surface area is 118 Å². The van der Waals surface area contributed by atoms with Gasteiger partial charge in [0.2, 0.25) is 0 Å². The first-order valence-electron chi connectivity index (χ1n) is 6.17. The van der Waals surface area contributed by atoms with E-state index in [9.17, 15) is 32.2 Å². The number of sulfone groups is 2. The SMILES string of the molecule is CCS(=O)(=O)C([C@H]1OC[C@@H](O)[C@@H](O)[C@H]1O)S(=O)(=O)CC. The van der Waals surface area contributed by atoms with Crippen molar-refractivity contribution < 1.29 is 36.9 Å². The van der Waals surface area contributed by atoms with Gasteiger partial charge in [0.25, 0.3) is 0 Å². The second-order valence-corrected chi connectivity index (χ2v) is 9.74. The summed E-state index contributed by atoms with van der Waals surface area (Å²) in [7, 11) is -8.14. The minimum absolute atomic E-state index is 0.442. The van der Waals surface area contributed by atoms with Crippen LogP contribution in [0.25, 0.3) is 0 Å². The molecule has 1 heterocycles. The molecule has 1 aliphatic heterocycles. The van der Waals surface area contributed by atoms with Crippen molar-refractivity contribution in [3.05, 3.63) is 0 Å². The number of aliphatic hydroxyl groups excluding tert-OH is 3. The molecule has 1 saturated heterocycles. The van der Waals surface area contributed by atoms with E-state index in [1.165, 1.54) is 13.8 Å². The van der Waals surface area contributed by atoms with E-state index in [1.54, 1.807) is 0 Å². The normalized spacial score (nSPS) is 32.5. The number of ether oxygens (including phenoxy) is 1. The van der Waals surface area contributed by atoms with Crippen molar-refractivity contribution in [2.75, 3.05) is 18.1 Å². The van der Waals surface area contributed by atoms with Crippen LogP contribution in [0.15, 0.2) is 0 Å². The molecule has 4 atom stereocenters. The lowest BCUT2D eigenvalue weighted by molar-refractivity contribution is -0.182. The topological polar surface area (TPSA) is 138 Å². The Balaban J connectivity index is 3.27. The molecular formula is C10H20O8S2. The van der Waals surface area contributed by atoms with Gasteiger partial charge in [-0.25, -0.2) is 16.8 Å². The second kappa shape index (κ2) is 6.24. The molecule has 0 saturated carbocycles. The van der Waals surface area contributed by atoms with Gasteiger partial charge in [-0.15, -0.1) is 0 Å². The van der Waals surface area contributed by atoms with Crippen LogP contribution in [0.3, 0.4) is 0 Å². The van der Waals surface area contributed by atoms with Crippen LogP contribution >= 0.6 is 0 Å². The van der Waals surface area contributed by atoms with Crippen LogP contribution in [-0.2, 0) is 24.4 Å². The van der Waals surface area contributed by atoms with Crippen molar-refractivity contribution in [3.63, 3.8) is 0 Å².